The zero-order chi connectivity index (χ0) is 13.8. The summed E-state index contributed by atoms with van der Waals surface area (Å²) in [6, 6.07) is 7.54. The molecule has 100 valence electrons. The third kappa shape index (κ3) is 3.14. The Labute approximate surface area is 118 Å². The molecule has 1 aromatic heterocycles. The van der Waals surface area contributed by atoms with Crippen molar-refractivity contribution in [2.45, 2.75) is 12.8 Å². The number of aliphatic carboxylic acids is 1. The molecule has 6 heteroatoms. The van der Waals surface area contributed by atoms with Crippen LogP contribution < -0.4 is 4.74 Å². The van der Waals surface area contributed by atoms with Gasteiger partial charge in [-0.05, 0) is 28.1 Å². The summed E-state index contributed by atoms with van der Waals surface area (Å²) in [5.41, 5.74) is 1.58. The zero-order valence-electron chi connectivity index (χ0n) is 10.3. The van der Waals surface area contributed by atoms with Crippen LogP contribution in [0.25, 0.3) is 11.3 Å². The van der Waals surface area contributed by atoms with Gasteiger partial charge in [0.15, 0.2) is 0 Å². The summed E-state index contributed by atoms with van der Waals surface area (Å²) in [6.07, 6.45) is 0.411. The molecule has 0 unspecified atom stereocenters. The van der Waals surface area contributed by atoms with E-state index < -0.39 is 5.97 Å². The maximum atomic E-state index is 10.6. The van der Waals surface area contributed by atoms with Crippen LogP contribution >= 0.6 is 15.9 Å². The number of aromatic nitrogens is 2. The first-order chi connectivity index (χ1) is 9.11. The Morgan fingerprint density at radius 1 is 1.47 bits per heavy atom. The molecule has 19 heavy (non-hydrogen) atoms. The molecule has 0 atom stereocenters. The zero-order valence-corrected chi connectivity index (χ0v) is 11.9. The highest BCUT2D eigenvalue weighted by Gasteiger charge is 2.14. The molecule has 0 saturated heterocycles. The molecule has 2 N–H and O–H groups in total. The SMILES string of the molecule is COc1ccccc1-c1nc(CCC(=O)O)[nH]c1Br. The van der Waals surface area contributed by atoms with E-state index in [1.54, 1.807) is 7.11 Å². The number of methoxy groups -OCH3 is 1. The van der Waals surface area contributed by atoms with E-state index >= 15 is 0 Å². The second-order valence-electron chi connectivity index (χ2n) is 3.94. The molecule has 0 bridgehead atoms. The van der Waals surface area contributed by atoms with Gasteiger partial charge in [0.25, 0.3) is 0 Å². The fourth-order valence-corrected chi connectivity index (χ4v) is 2.29. The monoisotopic (exact) mass is 324 g/mol. The van der Waals surface area contributed by atoms with Gasteiger partial charge in [-0.1, -0.05) is 12.1 Å². The molecule has 1 heterocycles. The number of para-hydroxylation sites is 1. The number of nitrogens with zero attached hydrogens (tertiary/aromatic N) is 1. The second kappa shape index (κ2) is 5.88. The lowest BCUT2D eigenvalue weighted by atomic mass is 10.1. The number of ether oxygens (including phenoxy) is 1. The van der Waals surface area contributed by atoms with Crippen molar-refractivity contribution in [2.75, 3.05) is 7.11 Å². The number of aromatic amines is 1. The third-order valence-electron chi connectivity index (χ3n) is 2.65. The molecule has 0 saturated carbocycles. The first kappa shape index (κ1) is 13.6. The number of hydrogen-bond acceptors (Lipinski definition) is 3. The van der Waals surface area contributed by atoms with Crippen molar-refractivity contribution in [2.24, 2.45) is 0 Å². The molecule has 0 fully saturated rings. The van der Waals surface area contributed by atoms with Crippen molar-refractivity contribution in [3.8, 4) is 17.0 Å². The van der Waals surface area contributed by atoms with Crippen molar-refractivity contribution in [3.05, 3.63) is 34.7 Å². The molecule has 2 rings (SSSR count). The van der Waals surface area contributed by atoms with Gasteiger partial charge in [-0.3, -0.25) is 4.79 Å². The lowest BCUT2D eigenvalue weighted by Crippen LogP contribution is -1.98. The quantitative estimate of drug-likeness (QED) is 0.886. The van der Waals surface area contributed by atoms with Gasteiger partial charge in [-0.2, -0.15) is 0 Å². The van der Waals surface area contributed by atoms with E-state index in [0.29, 0.717) is 12.2 Å². The Morgan fingerprint density at radius 2 is 2.21 bits per heavy atom. The Bertz CT molecular complexity index is 595. The smallest absolute Gasteiger partial charge is 0.303 e. The van der Waals surface area contributed by atoms with Gasteiger partial charge in [0, 0.05) is 12.0 Å². The van der Waals surface area contributed by atoms with E-state index in [-0.39, 0.29) is 6.42 Å². The van der Waals surface area contributed by atoms with Crippen molar-refractivity contribution in [1.29, 1.82) is 0 Å². The predicted octanol–water partition coefficient (Wildman–Crippen LogP) is 2.87. The molecule has 2 aromatic rings. The fraction of sp³-hybridized carbons (Fsp3) is 0.231. The number of rotatable bonds is 5. The molecule has 0 radical (unpaired) electrons. The highest BCUT2D eigenvalue weighted by Crippen LogP contribution is 2.33. The minimum atomic E-state index is -0.841. The predicted molar refractivity (Wildman–Crippen MR) is 74.2 cm³/mol. The van der Waals surface area contributed by atoms with Crippen LogP contribution in [0.2, 0.25) is 0 Å². The van der Waals surface area contributed by atoms with Crippen molar-refractivity contribution in [1.82, 2.24) is 9.97 Å². The van der Waals surface area contributed by atoms with Crippen LogP contribution in [0.4, 0.5) is 0 Å². The summed E-state index contributed by atoms with van der Waals surface area (Å²) in [5, 5.41) is 8.68. The summed E-state index contributed by atoms with van der Waals surface area (Å²) < 4.78 is 6.01. The summed E-state index contributed by atoms with van der Waals surface area (Å²) >= 11 is 3.40. The standard InChI is InChI=1S/C13H13BrN2O3/c1-19-9-5-3-2-4-8(9)12-13(14)16-10(15-12)6-7-11(17)18/h2-5H,6-7H2,1H3,(H,15,16)(H,17,18). The average Bonchev–Trinajstić information content (AvgIpc) is 2.77. The molecule has 1 aromatic carbocycles. The van der Waals surface area contributed by atoms with Gasteiger partial charge in [0.1, 0.15) is 21.9 Å². The number of halogens is 1. The lowest BCUT2D eigenvalue weighted by Gasteiger charge is -2.05. The van der Waals surface area contributed by atoms with E-state index in [0.717, 1.165) is 21.6 Å². The van der Waals surface area contributed by atoms with Crippen molar-refractivity contribution >= 4 is 21.9 Å². The van der Waals surface area contributed by atoms with Crippen LogP contribution in [0.1, 0.15) is 12.2 Å². The van der Waals surface area contributed by atoms with Crippen LogP contribution in [0.3, 0.4) is 0 Å². The highest BCUT2D eigenvalue weighted by molar-refractivity contribution is 9.10. The fourth-order valence-electron chi connectivity index (χ4n) is 1.76. The average molecular weight is 325 g/mol. The van der Waals surface area contributed by atoms with Gasteiger partial charge in [0.05, 0.1) is 13.5 Å². The molecular weight excluding hydrogens is 312 g/mol. The lowest BCUT2D eigenvalue weighted by molar-refractivity contribution is -0.137. The van der Waals surface area contributed by atoms with Gasteiger partial charge >= 0.3 is 5.97 Å². The summed E-state index contributed by atoms with van der Waals surface area (Å²) in [6.45, 7) is 0. The Hall–Kier alpha value is -1.82. The normalized spacial score (nSPS) is 10.4. The van der Waals surface area contributed by atoms with E-state index in [2.05, 4.69) is 25.9 Å². The molecular formula is C13H13BrN2O3. The number of nitrogens with one attached hydrogen (secondary N) is 1. The van der Waals surface area contributed by atoms with Gasteiger partial charge in [0.2, 0.25) is 0 Å². The molecule has 0 spiro atoms. The molecule has 0 aliphatic carbocycles. The van der Waals surface area contributed by atoms with E-state index in [4.69, 9.17) is 9.84 Å². The van der Waals surface area contributed by atoms with Gasteiger partial charge in [-0.15, -0.1) is 0 Å². The van der Waals surface area contributed by atoms with Gasteiger partial charge < -0.3 is 14.8 Å². The first-order valence-electron chi connectivity index (χ1n) is 5.71. The minimum absolute atomic E-state index is 0.0469. The number of aryl methyl sites for hydroxylation is 1. The molecule has 0 aliphatic rings. The van der Waals surface area contributed by atoms with Gasteiger partial charge in [-0.25, -0.2) is 4.98 Å². The van der Waals surface area contributed by atoms with Crippen molar-refractivity contribution in [3.63, 3.8) is 0 Å². The minimum Gasteiger partial charge on any atom is -0.496 e. The van der Waals surface area contributed by atoms with Crippen LogP contribution in [-0.4, -0.2) is 28.2 Å². The molecule has 0 aliphatic heterocycles. The third-order valence-corrected chi connectivity index (χ3v) is 3.22. The first-order valence-corrected chi connectivity index (χ1v) is 6.50. The summed E-state index contributed by atoms with van der Waals surface area (Å²) in [5.74, 6) is 0.515. The molecule has 5 nitrogen and oxygen atoms in total. The number of benzene rings is 1. The number of hydrogen-bond donors (Lipinski definition) is 2. The largest absolute Gasteiger partial charge is 0.496 e. The van der Waals surface area contributed by atoms with Crippen LogP contribution in [0.5, 0.6) is 5.75 Å². The van der Waals surface area contributed by atoms with Crippen LogP contribution in [-0.2, 0) is 11.2 Å². The number of carboxylic acid groups (broad SMARTS) is 1. The number of carboxylic acids is 1. The summed E-state index contributed by atoms with van der Waals surface area (Å²) in [7, 11) is 1.60. The topological polar surface area (TPSA) is 75.2 Å². The highest BCUT2D eigenvalue weighted by atomic mass is 79.9. The Morgan fingerprint density at radius 3 is 2.89 bits per heavy atom. The number of H-pyrrole nitrogens is 1. The molecule has 0 amide bonds. The second-order valence-corrected chi connectivity index (χ2v) is 4.73. The maximum Gasteiger partial charge on any atom is 0.303 e. The number of carbonyl (C=O) groups is 1. The van der Waals surface area contributed by atoms with E-state index in [1.165, 1.54) is 0 Å². The number of imidazole rings is 1. The summed E-state index contributed by atoms with van der Waals surface area (Å²) in [4.78, 5) is 18.0. The van der Waals surface area contributed by atoms with Crippen molar-refractivity contribution < 1.29 is 14.6 Å². The van der Waals surface area contributed by atoms with Crippen LogP contribution in [0.15, 0.2) is 28.9 Å². The van der Waals surface area contributed by atoms with E-state index in [9.17, 15) is 4.79 Å². The Balaban J connectivity index is 2.32. The van der Waals surface area contributed by atoms with E-state index in [1.807, 2.05) is 24.3 Å². The maximum absolute atomic E-state index is 10.6. The Kier molecular flexibility index (Phi) is 4.21. The van der Waals surface area contributed by atoms with Crippen LogP contribution in [0, 0.1) is 0 Å².